The van der Waals surface area contributed by atoms with E-state index in [9.17, 15) is 33.4 Å². The lowest BCUT2D eigenvalue weighted by Gasteiger charge is -2.11. The molecule has 1 aliphatic rings. The molecule has 156 valence electrons. The SMILES string of the molecule is Cc1ccc2c(c1)C(=Nc1ccccc1C(F)(F)F)c1cc([N+](=O)[O-])cc([N+](=O)[O-])c1-2. The summed E-state index contributed by atoms with van der Waals surface area (Å²) in [7, 11) is 0. The first-order chi connectivity index (χ1) is 14.6. The molecule has 0 bridgehead atoms. The first kappa shape index (κ1) is 20.2. The maximum Gasteiger partial charge on any atom is 0.418 e. The van der Waals surface area contributed by atoms with Gasteiger partial charge in [-0.15, -0.1) is 0 Å². The van der Waals surface area contributed by atoms with Crippen molar-refractivity contribution in [1.82, 2.24) is 0 Å². The summed E-state index contributed by atoms with van der Waals surface area (Å²) in [5.74, 6) is 0. The van der Waals surface area contributed by atoms with Gasteiger partial charge >= 0.3 is 6.18 Å². The van der Waals surface area contributed by atoms with Crippen LogP contribution in [0.4, 0.5) is 30.2 Å². The van der Waals surface area contributed by atoms with E-state index >= 15 is 0 Å². The van der Waals surface area contributed by atoms with E-state index in [0.717, 1.165) is 23.8 Å². The number of alkyl halides is 3. The van der Waals surface area contributed by atoms with E-state index in [-0.39, 0.29) is 22.5 Å². The third-order valence-corrected chi connectivity index (χ3v) is 4.91. The molecular weight excluding hydrogens is 415 g/mol. The third kappa shape index (κ3) is 3.41. The Morgan fingerprint density at radius 3 is 2.23 bits per heavy atom. The van der Waals surface area contributed by atoms with Crippen LogP contribution < -0.4 is 0 Å². The second kappa shape index (κ2) is 7.01. The summed E-state index contributed by atoms with van der Waals surface area (Å²) in [5, 5.41) is 23.0. The fourth-order valence-corrected chi connectivity index (χ4v) is 3.60. The highest BCUT2D eigenvalue weighted by Gasteiger charge is 2.37. The van der Waals surface area contributed by atoms with Crippen LogP contribution in [-0.2, 0) is 6.18 Å². The van der Waals surface area contributed by atoms with Crippen molar-refractivity contribution >= 4 is 22.8 Å². The van der Waals surface area contributed by atoms with Crippen LogP contribution in [-0.4, -0.2) is 15.6 Å². The minimum atomic E-state index is -4.67. The quantitative estimate of drug-likeness (QED) is 0.297. The van der Waals surface area contributed by atoms with E-state index < -0.39 is 33.0 Å². The summed E-state index contributed by atoms with van der Waals surface area (Å²) >= 11 is 0. The number of para-hydroxylation sites is 1. The third-order valence-electron chi connectivity index (χ3n) is 4.91. The number of hydrogen-bond donors (Lipinski definition) is 0. The lowest BCUT2D eigenvalue weighted by atomic mass is 10.0. The number of aliphatic imine (C=N–C) groups is 1. The molecule has 0 saturated carbocycles. The number of rotatable bonds is 3. The molecule has 3 aromatic rings. The standard InChI is InChI=1S/C21H12F3N3O4/c1-11-6-7-13-14(8-11)20(25-17-5-3-2-4-16(17)21(22,23)24)15-9-12(26(28)29)10-18(19(13)15)27(30)31/h2-10H,1H3. The maximum atomic E-state index is 13.5. The summed E-state index contributed by atoms with van der Waals surface area (Å²) in [6, 6.07) is 11.5. The summed E-state index contributed by atoms with van der Waals surface area (Å²) in [6.45, 7) is 1.75. The van der Waals surface area contributed by atoms with E-state index in [1.807, 2.05) is 0 Å². The van der Waals surface area contributed by atoms with Gasteiger partial charge in [0.15, 0.2) is 0 Å². The average molecular weight is 427 g/mol. The molecule has 7 nitrogen and oxygen atoms in total. The molecule has 10 heteroatoms. The van der Waals surface area contributed by atoms with Gasteiger partial charge in [0.1, 0.15) is 0 Å². The lowest BCUT2D eigenvalue weighted by molar-refractivity contribution is -0.393. The van der Waals surface area contributed by atoms with Crippen LogP contribution in [0.3, 0.4) is 0 Å². The Balaban J connectivity index is 2.09. The van der Waals surface area contributed by atoms with Crippen LogP contribution in [0.15, 0.2) is 59.6 Å². The maximum absolute atomic E-state index is 13.5. The van der Waals surface area contributed by atoms with Crippen LogP contribution in [0.25, 0.3) is 11.1 Å². The highest BCUT2D eigenvalue weighted by atomic mass is 19.4. The highest BCUT2D eigenvalue weighted by molar-refractivity contribution is 6.26. The summed E-state index contributed by atoms with van der Waals surface area (Å²) in [4.78, 5) is 25.7. The van der Waals surface area contributed by atoms with Gasteiger partial charge in [-0.1, -0.05) is 29.8 Å². The zero-order valence-electron chi connectivity index (χ0n) is 15.8. The molecule has 0 amide bonds. The van der Waals surface area contributed by atoms with E-state index in [1.54, 1.807) is 25.1 Å². The monoisotopic (exact) mass is 427 g/mol. The molecule has 31 heavy (non-hydrogen) atoms. The van der Waals surface area contributed by atoms with Crippen LogP contribution in [0.2, 0.25) is 0 Å². The number of nitrogens with zero attached hydrogens (tertiary/aromatic N) is 3. The Morgan fingerprint density at radius 1 is 0.871 bits per heavy atom. The van der Waals surface area contributed by atoms with Crippen molar-refractivity contribution in [3.8, 4) is 11.1 Å². The summed E-state index contributed by atoms with van der Waals surface area (Å²) in [5.41, 5.74) is -0.786. The fourth-order valence-electron chi connectivity index (χ4n) is 3.60. The van der Waals surface area contributed by atoms with E-state index in [2.05, 4.69) is 4.99 Å². The van der Waals surface area contributed by atoms with Crippen molar-refractivity contribution in [2.45, 2.75) is 13.1 Å². The molecule has 4 rings (SSSR count). The van der Waals surface area contributed by atoms with Crippen LogP contribution in [0.5, 0.6) is 0 Å². The molecule has 0 heterocycles. The molecule has 0 unspecified atom stereocenters. The molecule has 0 aliphatic heterocycles. The molecule has 1 aliphatic carbocycles. The summed E-state index contributed by atoms with van der Waals surface area (Å²) < 4.78 is 40.4. The Kier molecular flexibility index (Phi) is 4.57. The van der Waals surface area contributed by atoms with Crippen LogP contribution in [0, 0.1) is 27.2 Å². The van der Waals surface area contributed by atoms with Gasteiger partial charge in [0, 0.05) is 17.2 Å². The van der Waals surface area contributed by atoms with Crippen LogP contribution >= 0.6 is 0 Å². The van der Waals surface area contributed by atoms with Crippen molar-refractivity contribution in [1.29, 1.82) is 0 Å². The van der Waals surface area contributed by atoms with Gasteiger partial charge in [-0.2, -0.15) is 13.2 Å². The predicted molar refractivity (Wildman–Crippen MR) is 107 cm³/mol. The minimum absolute atomic E-state index is 0.0113. The average Bonchev–Trinajstić information content (AvgIpc) is 2.99. The number of fused-ring (bicyclic) bond motifs is 3. The van der Waals surface area contributed by atoms with Crippen LogP contribution in [0.1, 0.15) is 22.3 Å². The second-order valence-corrected chi connectivity index (χ2v) is 6.93. The zero-order chi connectivity index (χ0) is 22.5. The minimum Gasteiger partial charge on any atom is -0.258 e. The van der Waals surface area contributed by atoms with Gasteiger partial charge in [-0.05, 0) is 30.7 Å². The number of aryl methyl sites for hydroxylation is 1. The Labute approximate surface area is 172 Å². The summed E-state index contributed by atoms with van der Waals surface area (Å²) in [6.07, 6.45) is -4.67. The van der Waals surface area contributed by atoms with E-state index in [1.165, 1.54) is 18.2 Å². The van der Waals surface area contributed by atoms with E-state index in [0.29, 0.717) is 11.1 Å². The Hall–Kier alpha value is -4.08. The van der Waals surface area contributed by atoms with E-state index in [4.69, 9.17) is 0 Å². The molecule has 0 N–H and O–H groups in total. The molecule has 0 atom stereocenters. The normalized spacial score (nSPS) is 13.7. The number of non-ortho nitro benzene ring substituents is 1. The predicted octanol–water partition coefficient (Wildman–Crippen LogP) is 5.98. The van der Waals surface area contributed by atoms with Gasteiger partial charge in [0.2, 0.25) is 0 Å². The van der Waals surface area contributed by atoms with Crippen molar-refractivity contribution in [2.24, 2.45) is 4.99 Å². The fraction of sp³-hybridized carbons (Fsp3) is 0.0952. The van der Waals surface area contributed by atoms with Crippen molar-refractivity contribution in [2.75, 3.05) is 0 Å². The lowest BCUT2D eigenvalue weighted by Crippen LogP contribution is -2.06. The van der Waals surface area contributed by atoms with Gasteiger partial charge in [-0.25, -0.2) is 4.99 Å². The molecule has 0 saturated heterocycles. The first-order valence-corrected chi connectivity index (χ1v) is 8.91. The number of halogens is 3. The Bertz CT molecular complexity index is 1300. The molecule has 0 radical (unpaired) electrons. The van der Waals surface area contributed by atoms with Gasteiger partial charge < -0.3 is 0 Å². The molecule has 0 aromatic heterocycles. The number of benzene rings is 3. The Morgan fingerprint density at radius 2 is 1.58 bits per heavy atom. The smallest absolute Gasteiger partial charge is 0.258 e. The first-order valence-electron chi connectivity index (χ1n) is 8.91. The number of nitro benzene ring substituents is 2. The topological polar surface area (TPSA) is 98.6 Å². The molecule has 3 aromatic carbocycles. The van der Waals surface area contributed by atoms with Gasteiger partial charge in [0.05, 0.1) is 38.4 Å². The largest absolute Gasteiger partial charge is 0.418 e. The second-order valence-electron chi connectivity index (χ2n) is 6.93. The van der Waals surface area contributed by atoms with Gasteiger partial charge in [-0.3, -0.25) is 20.2 Å². The zero-order valence-corrected chi connectivity index (χ0v) is 15.8. The number of hydrogen-bond acceptors (Lipinski definition) is 5. The van der Waals surface area contributed by atoms with Crippen molar-refractivity contribution < 1.29 is 23.0 Å². The molecular formula is C21H12F3N3O4. The molecule has 0 spiro atoms. The van der Waals surface area contributed by atoms with Crippen molar-refractivity contribution in [3.05, 3.63) is 97.1 Å². The molecule has 0 fully saturated rings. The number of nitro groups is 2. The highest BCUT2D eigenvalue weighted by Crippen LogP contribution is 2.46. The van der Waals surface area contributed by atoms with Crippen molar-refractivity contribution in [3.63, 3.8) is 0 Å². The van der Waals surface area contributed by atoms with Gasteiger partial charge in [0.25, 0.3) is 11.4 Å².